The van der Waals surface area contributed by atoms with E-state index in [-0.39, 0.29) is 12.5 Å². The van der Waals surface area contributed by atoms with Gasteiger partial charge >= 0.3 is 0 Å². The Balaban J connectivity index is 1.34. The molecule has 0 radical (unpaired) electrons. The number of imidazole rings is 1. The first-order valence-corrected chi connectivity index (χ1v) is 11.1. The van der Waals surface area contributed by atoms with E-state index in [1.54, 1.807) is 29.2 Å². The van der Waals surface area contributed by atoms with Gasteiger partial charge in [0.1, 0.15) is 5.75 Å². The van der Waals surface area contributed by atoms with Crippen LogP contribution in [0.25, 0.3) is 11.0 Å². The van der Waals surface area contributed by atoms with Crippen molar-refractivity contribution in [2.75, 3.05) is 16.8 Å². The fourth-order valence-electron chi connectivity index (χ4n) is 3.76. The van der Waals surface area contributed by atoms with Crippen molar-refractivity contribution in [3.8, 4) is 5.75 Å². The molecule has 0 unspecified atom stereocenters. The number of hydrogen-bond donors (Lipinski definition) is 2. The molecule has 1 heterocycles. The molecule has 1 aromatic heterocycles. The molecule has 0 spiro atoms. The summed E-state index contributed by atoms with van der Waals surface area (Å²) in [7, 11) is 0. The summed E-state index contributed by atoms with van der Waals surface area (Å²) < 4.78 is 5.86. The number of aromatic amines is 1. The molecule has 2 N–H and O–H groups in total. The summed E-state index contributed by atoms with van der Waals surface area (Å²) in [6, 6.07) is 33.0. The molecule has 0 atom stereocenters. The Kier molecular flexibility index (Phi) is 6.21. The fraction of sp³-hybridized carbons (Fsp3) is 0.0357. The smallest absolute Gasteiger partial charge is 0.269 e. The van der Waals surface area contributed by atoms with E-state index in [2.05, 4.69) is 15.3 Å². The first kappa shape index (κ1) is 21.9. The van der Waals surface area contributed by atoms with E-state index in [9.17, 15) is 9.59 Å². The summed E-state index contributed by atoms with van der Waals surface area (Å²) in [4.78, 5) is 35.3. The number of fused-ring (bicyclic) bond motifs is 1. The zero-order valence-electron chi connectivity index (χ0n) is 18.7. The lowest BCUT2D eigenvalue weighted by Crippen LogP contribution is -2.31. The summed E-state index contributed by atoms with van der Waals surface area (Å²) >= 11 is 0. The molecule has 172 valence electrons. The van der Waals surface area contributed by atoms with Crippen LogP contribution in [0.3, 0.4) is 0 Å². The first-order chi connectivity index (χ1) is 17.2. The third kappa shape index (κ3) is 4.89. The van der Waals surface area contributed by atoms with Gasteiger partial charge in [0.15, 0.2) is 6.61 Å². The zero-order valence-corrected chi connectivity index (χ0v) is 18.7. The standard InChI is InChI=1S/C28H22N4O3/c33-26(32(20-11-3-1-4-12-20)21-13-5-2-6-14-21)19-35-25-18-10-7-15-22(25)27(34)31-28-29-23-16-8-9-17-24(23)30-28/h1-18H,19H2,(H2,29,30,31,34). The quantitative estimate of drug-likeness (QED) is 0.332. The normalized spacial score (nSPS) is 10.6. The van der Waals surface area contributed by atoms with Crippen molar-refractivity contribution in [2.45, 2.75) is 0 Å². The minimum atomic E-state index is -0.393. The fourth-order valence-corrected chi connectivity index (χ4v) is 3.76. The second kappa shape index (κ2) is 9.93. The molecule has 0 saturated heterocycles. The van der Waals surface area contributed by atoms with Crippen molar-refractivity contribution in [3.63, 3.8) is 0 Å². The van der Waals surface area contributed by atoms with Gasteiger partial charge in [-0.25, -0.2) is 4.98 Å². The van der Waals surface area contributed by atoms with E-state index in [1.807, 2.05) is 84.9 Å². The predicted molar refractivity (Wildman–Crippen MR) is 136 cm³/mol. The zero-order chi connectivity index (χ0) is 24.0. The van der Waals surface area contributed by atoms with E-state index >= 15 is 0 Å². The number of nitrogens with one attached hydrogen (secondary N) is 2. The highest BCUT2D eigenvalue weighted by Gasteiger charge is 2.20. The Morgan fingerprint density at radius 3 is 2.06 bits per heavy atom. The number of benzene rings is 4. The van der Waals surface area contributed by atoms with Crippen LogP contribution >= 0.6 is 0 Å². The Morgan fingerprint density at radius 2 is 1.37 bits per heavy atom. The van der Waals surface area contributed by atoms with Gasteiger partial charge in [-0.1, -0.05) is 60.7 Å². The highest BCUT2D eigenvalue weighted by atomic mass is 16.5. The molecule has 2 amide bonds. The van der Waals surface area contributed by atoms with Crippen LogP contribution in [0.5, 0.6) is 5.75 Å². The van der Waals surface area contributed by atoms with Crippen LogP contribution in [0.2, 0.25) is 0 Å². The lowest BCUT2D eigenvalue weighted by molar-refractivity contribution is -0.119. The lowest BCUT2D eigenvalue weighted by atomic mass is 10.2. The Hall–Kier alpha value is -4.91. The monoisotopic (exact) mass is 462 g/mol. The molecule has 7 nitrogen and oxygen atoms in total. The van der Waals surface area contributed by atoms with Crippen LogP contribution < -0.4 is 15.0 Å². The van der Waals surface area contributed by atoms with Crippen molar-refractivity contribution in [1.29, 1.82) is 0 Å². The predicted octanol–water partition coefficient (Wildman–Crippen LogP) is 5.56. The molecular weight excluding hydrogens is 440 g/mol. The first-order valence-electron chi connectivity index (χ1n) is 11.1. The summed E-state index contributed by atoms with van der Waals surface area (Å²) in [5.41, 5.74) is 3.32. The minimum Gasteiger partial charge on any atom is -0.483 e. The maximum absolute atomic E-state index is 13.3. The van der Waals surface area contributed by atoms with Crippen molar-refractivity contribution >= 4 is 40.2 Å². The van der Waals surface area contributed by atoms with Crippen LogP contribution in [0, 0.1) is 0 Å². The Labute approximate surface area is 202 Å². The van der Waals surface area contributed by atoms with Crippen molar-refractivity contribution < 1.29 is 14.3 Å². The average Bonchev–Trinajstić information content (AvgIpc) is 3.31. The van der Waals surface area contributed by atoms with Crippen LogP contribution in [0.1, 0.15) is 10.4 Å². The molecule has 7 heteroatoms. The molecule has 4 aromatic carbocycles. The van der Waals surface area contributed by atoms with E-state index < -0.39 is 5.91 Å². The summed E-state index contributed by atoms with van der Waals surface area (Å²) in [6.45, 7) is -0.251. The van der Waals surface area contributed by atoms with Gasteiger partial charge < -0.3 is 9.72 Å². The van der Waals surface area contributed by atoms with Crippen molar-refractivity contribution in [3.05, 3.63) is 115 Å². The van der Waals surface area contributed by atoms with Gasteiger partial charge in [0.2, 0.25) is 5.95 Å². The number of carbonyl (C=O) groups is 2. The van der Waals surface area contributed by atoms with E-state index in [4.69, 9.17) is 4.74 Å². The van der Waals surface area contributed by atoms with Crippen molar-refractivity contribution in [2.24, 2.45) is 0 Å². The largest absolute Gasteiger partial charge is 0.483 e. The van der Waals surface area contributed by atoms with Gasteiger partial charge in [-0.2, -0.15) is 0 Å². The molecule has 0 aliphatic rings. The van der Waals surface area contributed by atoms with Gasteiger partial charge in [-0.3, -0.25) is 19.8 Å². The van der Waals surface area contributed by atoms with Crippen LogP contribution in [-0.2, 0) is 4.79 Å². The lowest BCUT2D eigenvalue weighted by Gasteiger charge is -2.23. The molecule has 0 aliphatic carbocycles. The maximum atomic E-state index is 13.3. The SMILES string of the molecule is O=C(Nc1nc2ccccc2[nH]1)c1ccccc1OCC(=O)N(c1ccccc1)c1ccccc1. The molecule has 0 bridgehead atoms. The Morgan fingerprint density at radius 1 is 0.771 bits per heavy atom. The van der Waals surface area contributed by atoms with E-state index in [0.29, 0.717) is 17.3 Å². The molecule has 0 fully saturated rings. The molecule has 35 heavy (non-hydrogen) atoms. The van der Waals surface area contributed by atoms with Gasteiger partial charge in [0.25, 0.3) is 11.8 Å². The number of aromatic nitrogens is 2. The highest BCUT2D eigenvalue weighted by Crippen LogP contribution is 2.26. The van der Waals surface area contributed by atoms with Gasteiger partial charge in [-0.05, 0) is 48.5 Å². The van der Waals surface area contributed by atoms with E-state index in [0.717, 1.165) is 22.4 Å². The number of amides is 2. The molecule has 5 rings (SSSR count). The van der Waals surface area contributed by atoms with Gasteiger partial charge in [0.05, 0.1) is 16.6 Å². The third-order valence-electron chi connectivity index (χ3n) is 5.38. The molecule has 5 aromatic rings. The number of carbonyl (C=O) groups excluding carboxylic acids is 2. The maximum Gasteiger partial charge on any atom is 0.269 e. The minimum absolute atomic E-state index is 0.251. The third-order valence-corrected chi connectivity index (χ3v) is 5.38. The number of ether oxygens (including phenoxy) is 1. The van der Waals surface area contributed by atoms with Crippen LogP contribution in [0.4, 0.5) is 17.3 Å². The number of anilines is 3. The van der Waals surface area contributed by atoms with Crippen LogP contribution in [0.15, 0.2) is 109 Å². The summed E-state index contributed by atoms with van der Waals surface area (Å²) in [5, 5.41) is 2.77. The number of nitrogens with zero attached hydrogens (tertiary/aromatic N) is 2. The topological polar surface area (TPSA) is 87.3 Å². The second-order valence-corrected chi connectivity index (χ2v) is 7.74. The summed E-state index contributed by atoms with van der Waals surface area (Å²) in [5.74, 6) is -0.0260. The number of rotatable bonds is 7. The van der Waals surface area contributed by atoms with Gasteiger partial charge in [0, 0.05) is 11.4 Å². The number of para-hydroxylation sites is 5. The van der Waals surface area contributed by atoms with Crippen molar-refractivity contribution in [1.82, 2.24) is 9.97 Å². The Bertz CT molecular complexity index is 1390. The molecule has 0 saturated carbocycles. The summed E-state index contributed by atoms with van der Waals surface area (Å²) in [6.07, 6.45) is 0. The van der Waals surface area contributed by atoms with Gasteiger partial charge in [-0.15, -0.1) is 0 Å². The van der Waals surface area contributed by atoms with E-state index in [1.165, 1.54) is 0 Å². The number of hydrogen-bond acceptors (Lipinski definition) is 4. The highest BCUT2D eigenvalue weighted by molar-refractivity contribution is 6.06. The molecular formula is C28H22N4O3. The van der Waals surface area contributed by atoms with Crippen LogP contribution in [-0.4, -0.2) is 28.4 Å². The average molecular weight is 463 g/mol. The molecule has 0 aliphatic heterocycles. The number of H-pyrrole nitrogens is 1. The second-order valence-electron chi connectivity index (χ2n) is 7.74.